The van der Waals surface area contributed by atoms with Gasteiger partial charge in [-0.3, -0.25) is 4.79 Å². The standard InChI is InChI=1S/C20H23N3O5S/c1-20(2,3)10-5-6-11-12(9-10)29-17(13(11)19(27)28-4)23-16(24)14-15(18(25)26)22-8-7-21-14/h7-8,10H,5-6,9H2,1-4H3,(H,23,24)(H,25,26). The average molecular weight is 417 g/mol. The molecule has 29 heavy (non-hydrogen) atoms. The quantitative estimate of drug-likeness (QED) is 0.732. The number of fused-ring (bicyclic) bond motifs is 1. The molecule has 0 saturated heterocycles. The maximum absolute atomic E-state index is 12.7. The molecule has 154 valence electrons. The molecular formula is C20H23N3O5S. The van der Waals surface area contributed by atoms with E-state index in [1.165, 1.54) is 30.8 Å². The van der Waals surface area contributed by atoms with Gasteiger partial charge in [0.1, 0.15) is 5.00 Å². The lowest BCUT2D eigenvalue weighted by Gasteiger charge is -2.33. The van der Waals surface area contributed by atoms with Gasteiger partial charge in [0.15, 0.2) is 11.4 Å². The summed E-state index contributed by atoms with van der Waals surface area (Å²) >= 11 is 1.33. The molecule has 0 saturated carbocycles. The summed E-state index contributed by atoms with van der Waals surface area (Å²) in [6.45, 7) is 6.59. The average Bonchev–Trinajstić information content (AvgIpc) is 3.03. The van der Waals surface area contributed by atoms with Gasteiger partial charge in [-0.25, -0.2) is 19.6 Å². The number of esters is 1. The summed E-state index contributed by atoms with van der Waals surface area (Å²) in [5.74, 6) is -2.15. The summed E-state index contributed by atoms with van der Waals surface area (Å²) in [6.07, 6.45) is 4.93. The van der Waals surface area contributed by atoms with Crippen LogP contribution in [0.25, 0.3) is 0 Å². The number of nitrogens with zero attached hydrogens (tertiary/aromatic N) is 2. The monoisotopic (exact) mass is 417 g/mol. The Kier molecular flexibility index (Phi) is 5.70. The zero-order valence-electron chi connectivity index (χ0n) is 16.7. The van der Waals surface area contributed by atoms with E-state index in [1.54, 1.807) is 0 Å². The maximum atomic E-state index is 12.7. The molecule has 1 atom stereocenters. The first-order valence-electron chi connectivity index (χ1n) is 9.22. The van der Waals surface area contributed by atoms with E-state index in [-0.39, 0.29) is 11.1 Å². The van der Waals surface area contributed by atoms with Gasteiger partial charge in [-0.1, -0.05) is 20.8 Å². The van der Waals surface area contributed by atoms with E-state index in [4.69, 9.17) is 4.74 Å². The highest BCUT2D eigenvalue weighted by Gasteiger charge is 2.34. The van der Waals surface area contributed by atoms with E-state index < -0.39 is 23.5 Å². The Labute approximate surface area is 172 Å². The van der Waals surface area contributed by atoms with E-state index in [0.717, 1.165) is 29.7 Å². The lowest BCUT2D eigenvalue weighted by molar-refractivity contribution is 0.0599. The lowest BCUT2D eigenvalue weighted by Crippen LogP contribution is -2.26. The Morgan fingerprint density at radius 3 is 2.45 bits per heavy atom. The van der Waals surface area contributed by atoms with Crippen LogP contribution in [0.15, 0.2) is 12.4 Å². The van der Waals surface area contributed by atoms with Crippen LogP contribution in [0.1, 0.15) is 69.0 Å². The van der Waals surface area contributed by atoms with Crippen LogP contribution in [0.5, 0.6) is 0 Å². The third-order valence-corrected chi connectivity index (χ3v) is 6.39. The number of methoxy groups -OCH3 is 1. The molecule has 0 bridgehead atoms. The summed E-state index contributed by atoms with van der Waals surface area (Å²) in [7, 11) is 1.30. The van der Waals surface area contributed by atoms with Gasteiger partial charge in [0.05, 0.1) is 12.7 Å². The van der Waals surface area contributed by atoms with Crippen molar-refractivity contribution in [2.45, 2.75) is 40.0 Å². The molecule has 2 aromatic rings. The molecule has 8 nitrogen and oxygen atoms in total. The number of carbonyl (C=O) groups excluding carboxylic acids is 2. The van der Waals surface area contributed by atoms with Gasteiger partial charge in [-0.2, -0.15) is 0 Å². The number of nitrogens with one attached hydrogen (secondary N) is 1. The second kappa shape index (κ2) is 7.90. The number of carboxylic acids is 1. The number of aromatic carboxylic acids is 1. The molecule has 1 aliphatic carbocycles. The Morgan fingerprint density at radius 1 is 1.21 bits per heavy atom. The Hall–Kier alpha value is -2.81. The van der Waals surface area contributed by atoms with Crippen LogP contribution in [-0.4, -0.2) is 40.0 Å². The van der Waals surface area contributed by atoms with Gasteiger partial charge in [0, 0.05) is 17.3 Å². The largest absolute Gasteiger partial charge is 0.476 e. The maximum Gasteiger partial charge on any atom is 0.356 e. The number of anilines is 1. The van der Waals surface area contributed by atoms with Crippen molar-refractivity contribution < 1.29 is 24.2 Å². The van der Waals surface area contributed by atoms with Gasteiger partial charge < -0.3 is 15.2 Å². The Morgan fingerprint density at radius 2 is 1.86 bits per heavy atom. The predicted molar refractivity (Wildman–Crippen MR) is 108 cm³/mol. The van der Waals surface area contributed by atoms with E-state index >= 15 is 0 Å². The zero-order chi connectivity index (χ0) is 21.3. The van der Waals surface area contributed by atoms with Crippen LogP contribution in [0.4, 0.5) is 5.00 Å². The first-order chi connectivity index (χ1) is 13.6. The molecule has 0 spiro atoms. The third kappa shape index (κ3) is 4.14. The minimum Gasteiger partial charge on any atom is -0.476 e. The molecule has 0 radical (unpaired) electrons. The van der Waals surface area contributed by atoms with Crippen molar-refractivity contribution in [3.63, 3.8) is 0 Å². The van der Waals surface area contributed by atoms with Crippen molar-refractivity contribution in [3.05, 3.63) is 39.8 Å². The highest BCUT2D eigenvalue weighted by molar-refractivity contribution is 7.17. The minimum atomic E-state index is -1.35. The predicted octanol–water partition coefficient (Wildman–Crippen LogP) is 3.43. The number of rotatable bonds is 4. The highest BCUT2D eigenvalue weighted by atomic mass is 32.1. The summed E-state index contributed by atoms with van der Waals surface area (Å²) in [6, 6.07) is 0. The molecule has 2 aromatic heterocycles. The van der Waals surface area contributed by atoms with Crippen molar-refractivity contribution in [2.75, 3.05) is 12.4 Å². The molecule has 0 aromatic carbocycles. The van der Waals surface area contributed by atoms with Crippen LogP contribution in [-0.2, 0) is 17.6 Å². The highest BCUT2D eigenvalue weighted by Crippen LogP contribution is 2.44. The van der Waals surface area contributed by atoms with Crippen LogP contribution < -0.4 is 5.32 Å². The van der Waals surface area contributed by atoms with Gasteiger partial charge >= 0.3 is 11.9 Å². The second-order valence-electron chi connectivity index (χ2n) is 8.02. The van der Waals surface area contributed by atoms with Crippen LogP contribution in [0, 0.1) is 11.3 Å². The van der Waals surface area contributed by atoms with E-state index in [2.05, 4.69) is 36.1 Å². The number of hydrogen-bond acceptors (Lipinski definition) is 7. The summed E-state index contributed by atoms with van der Waals surface area (Å²) in [4.78, 5) is 45.1. The van der Waals surface area contributed by atoms with Gasteiger partial charge in [-0.15, -0.1) is 11.3 Å². The molecule has 3 rings (SSSR count). The molecule has 0 fully saturated rings. The van der Waals surface area contributed by atoms with Gasteiger partial charge in [0.2, 0.25) is 0 Å². The van der Waals surface area contributed by atoms with Crippen molar-refractivity contribution in [1.29, 1.82) is 0 Å². The van der Waals surface area contributed by atoms with Gasteiger partial charge in [0.25, 0.3) is 5.91 Å². The smallest absolute Gasteiger partial charge is 0.356 e. The van der Waals surface area contributed by atoms with Gasteiger partial charge in [-0.05, 0) is 36.2 Å². The van der Waals surface area contributed by atoms with Crippen molar-refractivity contribution in [2.24, 2.45) is 11.3 Å². The number of carbonyl (C=O) groups is 3. The van der Waals surface area contributed by atoms with Crippen molar-refractivity contribution >= 4 is 34.2 Å². The first-order valence-corrected chi connectivity index (χ1v) is 10.0. The topological polar surface area (TPSA) is 118 Å². The number of thiophene rings is 1. The van der Waals surface area contributed by atoms with E-state index in [1.807, 2.05) is 0 Å². The fourth-order valence-corrected chi connectivity index (χ4v) is 4.86. The van der Waals surface area contributed by atoms with Crippen molar-refractivity contribution in [1.82, 2.24) is 9.97 Å². The number of ether oxygens (including phenoxy) is 1. The molecular weight excluding hydrogens is 394 g/mol. The van der Waals surface area contributed by atoms with E-state index in [0.29, 0.717) is 16.5 Å². The first kappa shape index (κ1) is 20.9. The second-order valence-corrected chi connectivity index (χ2v) is 9.12. The van der Waals surface area contributed by atoms with Crippen LogP contribution in [0.3, 0.4) is 0 Å². The summed E-state index contributed by atoms with van der Waals surface area (Å²) in [5, 5.41) is 12.3. The fraction of sp³-hybridized carbons (Fsp3) is 0.450. The molecule has 0 aliphatic heterocycles. The van der Waals surface area contributed by atoms with Crippen molar-refractivity contribution in [3.8, 4) is 0 Å². The SMILES string of the molecule is COC(=O)c1c(NC(=O)c2nccnc2C(=O)O)sc2c1CCC(C(C)(C)C)C2. The summed E-state index contributed by atoms with van der Waals surface area (Å²) < 4.78 is 4.94. The summed E-state index contributed by atoms with van der Waals surface area (Å²) in [5.41, 5.74) is 0.615. The van der Waals surface area contributed by atoms with E-state index in [9.17, 15) is 19.5 Å². The Balaban J connectivity index is 1.98. The molecule has 1 unspecified atom stereocenters. The number of carboxylic acid groups (broad SMARTS) is 1. The number of hydrogen-bond donors (Lipinski definition) is 2. The van der Waals surface area contributed by atoms with Crippen LogP contribution in [0.2, 0.25) is 0 Å². The third-order valence-electron chi connectivity index (χ3n) is 5.22. The molecule has 1 amide bonds. The molecule has 2 N–H and O–H groups in total. The minimum absolute atomic E-state index is 0.131. The fourth-order valence-electron chi connectivity index (χ4n) is 3.55. The van der Waals surface area contributed by atoms with Crippen LogP contribution >= 0.6 is 11.3 Å². The molecule has 9 heteroatoms. The Bertz CT molecular complexity index is 977. The molecule has 1 aliphatic rings. The lowest BCUT2D eigenvalue weighted by atomic mass is 9.72. The number of aromatic nitrogens is 2. The molecule has 2 heterocycles. The zero-order valence-corrected chi connectivity index (χ0v) is 17.6. The number of amides is 1. The normalized spacial score (nSPS) is 16.1.